The predicted molar refractivity (Wildman–Crippen MR) is 152 cm³/mol. The Morgan fingerprint density at radius 3 is 2.51 bits per heavy atom. The van der Waals surface area contributed by atoms with Crippen LogP contribution in [0, 0.1) is 29.1 Å². The Bertz CT molecular complexity index is 1340. The van der Waals surface area contributed by atoms with Crippen molar-refractivity contribution in [1.29, 1.82) is 0 Å². The molecule has 1 amide bonds. The number of nitrogens with zero attached hydrogens (tertiary/aromatic N) is 2. The maximum atomic E-state index is 14.2. The van der Waals surface area contributed by atoms with Gasteiger partial charge >= 0.3 is 5.97 Å². The van der Waals surface area contributed by atoms with Crippen molar-refractivity contribution in [3.8, 4) is 17.7 Å². The smallest absolute Gasteiger partial charge is 0.348 e. The molecule has 1 fully saturated rings. The Morgan fingerprint density at radius 1 is 1.21 bits per heavy atom. The second kappa shape index (κ2) is 11.8. The molecule has 0 saturated heterocycles. The number of hydrogen-bond donors (Lipinski definition) is 2. The van der Waals surface area contributed by atoms with E-state index in [0.29, 0.717) is 48.5 Å². The van der Waals surface area contributed by atoms with Gasteiger partial charge in [-0.25, -0.2) is 9.89 Å². The van der Waals surface area contributed by atoms with Crippen molar-refractivity contribution in [2.45, 2.75) is 85.3 Å². The van der Waals surface area contributed by atoms with Gasteiger partial charge in [0.15, 0.2) is 0 Å². The molecule has 4 rings (SSSR count). The van der Waals surface area contributed by atoms with E-state index in [0.717, 1.165) is 17.8 Å². The number of allylic oxidation sites excluding steroid dienone is 2. The summed E-state index contributed by atoms with van der Waals surface area (Å²) in [5, 5.41) is 16.4. The van der Waals surface area contributed by atoms with Gasteiger partial charge in [-0.15, -0.1) is 16.4 Å². The van der Waals surface area contributed by atoms with Crippen LogP contribution in [0.3, 0.4) is 0 Å². The first-order chi connectivity index (χ1) is 18.4. The van der Waals surface area contributed by atoms with E-state index in [1.807, 2.05) is 20.8 Å². The van der Waals surface area contributed by atoms with Crippen molar-refractivity contribution >= 4 is 28.9 Å². The average molecular weight is 552 g/mol. The first-order valence-electron chi connectivity index (χ1n) is 13.5. The van der Waals surface area contributed by atoms with Crippen molar-refractivity contribution in [2.75, 3.05) is 4.90 Å². The number of carbonyl (C=O) groups is 2. The number of H-pyrrole nitrogens is 1. The van der Waals surface area contributed by atoms with Crippen molar-refractivity contribution < 1.29 is 19.4 Å². The van der Waals surface area contributed by atoms with E-state index in [-0.39, 0.29) is 45.7 Å². The molecule has 2 atom stereocenters. The van der Waals surface area contributed by atoms with Gasteiger partial charge in [-0.2, -0.15) is 0 Å². The van der Waals surface area contributed by atoms with Crippen LogP contribution in [-0.2, 0) is 4.79 Å². The average Bonchev–Trinajstić information content (AvgIpc) is 3.29. The fraction of sp³-hybridized carbons (Fsp3) is 0.533. The molecule has 208 valence electrons. The Morgan fingerprint density at radius 2 is 1.92 bits per heavy atom. The van der Waals surface area contributed by atoms with Gasteiger partial charge in [0.2, 0.25) is 11.8 Å². The highest BCUT2D eigenvalue weighted by atomic mass is 32.1. The standard InChI is InChI=1S/C30H37N3O5S/c1-18-6-11-23(19(2)16-18)28(35)33(24-17-22(14-15-30(3,4)5)39-27(24)29(36)37)20-7-9-21(10-8-20)38-26-13-12-25(34)31-32-26/h6,12-13,17,19-21,23H,7-11,16H2,1-5H3,(H,31,34)(H,36,37). The summed E-state index contributed by atoms with van der Waals surface area (Å²) in [7, 11) is 0. The third kappa shape index (κ3) is 7.18. The zero-order valence-electron chi connectivity index (χ0n) is 23.2. The summed E-state index contributed by atoms with van der Waals surface area (Å²) in [4.78, 5) is 40.5. The lowest BCUT2D eigenvalue weighted by atomic mass is 9.79. The minimum Gasteiger partial charge on any atom is -0.477 e. The van der Waals surface area contributed by atoms with E-state index in [1.165, 1.54) is 11.6 Å². The Kier molecular flexibility index (Phi) is 8.65. The van der Waals surface area contributed by atoms with Crippen LogP contribution in [-0.4, -0.2) is 39.3 Å². The van der Waals surface area contributed by atoms with E-state index in [4.69, 9.17) is 4.74 Å². The van der Waals surface area contributed by atoms with E-state index in [2.05, 4.69) is 42.0 Å². The molecule has 2 aliphatic carbocycles. The van der Waals surface area contributed by atoms with Gasteiger partial charge in [-0.05, 0) is 78.2 Å². The first kappa shape index (κ1) is 28.6. The summed E-state index contributed by atoms with van der Waals surface area (Å²) in [5.74, 6) is 5.57. The summed E-state index contributed by atoms with van der Waals surface area (Å²) in [6, 6.07) is 4.55. The number of ether oxygens (including phenoxy) is 1. The normalized spacial score (nSPS) is 23.3. The van der Waals surface area contributed by atoms with Gasteiger partial charge in [0, 0.05) is 29.5 Å². The topological polar surface area (TPSA) is 113 Å². The fourth-order valence-electron chi connectivity index (χ4n) is 5.33. The van der Waals surface area contributed by atoms with Crippen LogP contribution in [0.2, 0.25) is 0 Å². The molecule has 0 aromatic carbocycles. The molecule has 1 saturated carbocycles. The molecule has 0 spiro atoms. The molecule has 2 aromatic rings. The number of rotatable bonds is 6. The second-order valence-electron chi connectivity index (χ2n) is 11.7. The Labute approximate surface area is 233 Å². The number of aromatic carboxylic acids is 1. The number of amides is 1. The van der Waals surface area contributed by atoms with Crippen LogP contribution in [0.5, 0.6) is 5.88 Å². The monoisotopic (exact) mass is 551 g/mol. The maximum absolute atomic E-state index is 14.2. The Hall–Kier alpha value is -3.38. The fourth-order valence-corrected chi connectivity index (χ4v) is 6.17. The number of carboxylic acids is 1. The van der Waals surface area contributed by atoms with Crippen molar-refractivity contribution in [2.24, 2.45) is 17.3 Å². The molecule has 2 aromatic heterocycles. The zero-order chi connectivity index (χ0) is 28.3. The molecule has 39 heavy (non-hydrogen) atoms. The molecule has 2 aliphatic rings. The van der Waals surface area contributed by atoms with Gasteiger partial charge < -0.3 is 14.7 Å². The lowest BCUT2D eigenvalue weighted by Crippen LogP contribution is -2.48. The quantitative estimate of drug-likeness (QED) is 0.355. The number of carbonyl (C=O) groups excluding carboxylic acids is 1. The van der Waals surface area contributed by atoms with Crippen molar-refractivity contribution in [1.82, 2.24) is 10.2 Å². The number of carboxylic acid groups (broad SMARTS) is 1. The minimum atomic E-state index is -1.05. The molecule has 2 N–H and O–H groups in total. The van der Waals surface area contributed by atoms with Crippen LogP contribution in [0.15, 0.2) is 34.6 Å². The lowest BCUT2D eigenvalue weighted by Gasteiger charge is -2.40. The van der Waals surface area contributed by atoms with Gasteiger partial charge in [0.25, 0.3) is 5.56 Å². The Balaban J connectivity index is 1.64. The van der Waals surface area contributed by atoms with Crippen LogP contribution >= 0.6 is 11.3 Å². The molecule has 0 bridgehead atoms. The number of hydrogen-bond acceptors (Lipinski definition) is 6. The van der Waals surface area contributed by atoms with Crippen LogP contribution < -0.4 is 15.2 Å². The van der Waals surface area contributed by atoms with Crippen LogP contribution in [0.4, 0.5) is 5.69 Å². The molecule has 2 unspecified atom stereocenters. The molecule has 9 heteroatoms. The largest absolute Gasteiger partial charge is 0.477 e. The highest BCUT2D eigenvalue weighted by molar-refractivity contribution is 7.15. The number of aromatic amines is 1. The third-order valence-electron chi connectivity index (χ3n) is 7.28. The number of nitrogens with one attached hydrogen (secondary N) is 1. The predicted octanol–water partition coefficient (Wildman–Crippen LogP) is 5.64. The molecular weight excluding hydrogens is 514 g/mol. The number of thiophene rings is 1. The second-order valence-corrected chi connectivity index (χ2v) is 12.8. The SMILES string of the molecule is CC1=CCC(C(=O)N(c2cc(C#CC(C)(C)C)sc2C(=O)O)C2CCC(Oc3ccc(=O)[nH]n3)CC2)C(C)C1. The number of anilines is 1. The molecule has 0 radical (unpaired) electrons. The van der Waals surface area contributed by atoms with E-state index < -0.39 is 5.97 Å². The van der Waals surface area contributed by atoms with Gasteiger partial charge in [0.05, 0.1) is 10.6 Å². The molecule has 0 aliphatic heterocycles. The minimum absolute atomic E-state index is 0.0199. The van der Waals surface area contributed by atoms with E-state index >= 15 is 0 Å². The van der Waals surface area contributed by atoms with Gasteiger partial charge in [-0.3, -0.25) is 9.59 Å². The summed E-state index contributed by atoms with van der Waals surface area (Å²) in [5.41, 5.74) is 1.21. The highest BCUT2D eigenvalue weighted by Crippen LogP contribution is 2.39. The summed E-state index contributed by atoms with van der Waals surface area (Å²) < 4.78 is 5.98. The molecule has 8 nitrogen and oxygen atoms in total. The molecular formula is C30H37N3O5S. The first-order valence-corrected chi connectivity index (χ1v) is 14.3. The van der Waals surface area contributed by atoms with Crippen LogP contribution in [0.1, 0.15) is 87.7 Å². The van der Waals surface area contributed by atoms with Gasteiger partial charge in [-0.1, -0.05) is 30.4 Å². The van der Waals surface area contributed by atoms with Crippen molar-refractivity contribution in [3.63, 3.8) is 0 Å². The van der Waals surface area contributed by atoms with Gasteiger partial charge in [0.1, 0.15) is 11.0 Å². The van der Waals surface area contributed by atoms with Crippen LogP contribution in [0.25, 0.3) is 0 Å². The number of aromatic nitrogens is 2. The highest BCUT2D eigenvalue weighted by Gasteiger charge is 2.39. The third-order valence-corrected chi connectivity index (χ3v) is 8.31. The summed E-state index contributed by atoms with van der Waals surface area (Å²) >= 11 is 1.13. The molecule has 2 heterocycles. The van der Waals surface area contributed by atoms with E-state index in [1.54, 1.807) is 17.0 Å². The zero-order valence-corrected chi connectivity index (χ0v) is 24.1. The summed E-state index contributed by atoms with van der Waals surface area (Å²) in [6.07, 6.45) is 6.22. The summed E-state index contributed by atoms with van der Waals surface area (Å²) in [6.45, 7) is 10.2. The van der Waals surface area contributed by atoms with E-state index in [9.17, 15) is 19.5 Å². The maximum Gasteiger partial charge on any atom is 0.348 e. The lowest BCUT2D eigenvalue weighted by molar-refractivity contribution is -0.124. The van der Waals surface area contributed by atoms with Crippen molar-refractivity contribution in [3.05, 3.63) is 50.0 Å².